The Labute approximate surface area is 158 Å². The van der Waals surface area contributed by atoms with Gasteiger partial charge in [0.25, 0.3) is 11.8 Å². The fourth-order valence-corrected chi connectivity index (χ4v) is 4.44. The Hall–Kier alpha value is -2.63. The van der Waals surface area contributed by atoms with Crippen LogP contribution in [0.5, 0.6) is 11.5 Å². The lowest BCUT2D eigenvalue weighted by Gasteiger charge is -2.37. The second-order valence-electron chi connectivity index (χ2n) is 7.15. The molecule has 1 heterocycles. The molecule has 2 bridgehead atoms. The zero-order valence-corrected chi connectivity index (χ0v) is 15.6. The Bertz CT molecular complexity index is 784. The van der Waals surface area contributed by atoms with Crippen molar-refractivity contribution >= 4 is 18.0 Å². The number of amides is 2. The molecule has 0 aromatic heterocycles. The van der Waals surface area contributed by atoms with Crippen LogP contribution in [0.2, 0.25) is 0 Å². The van der Waals surface area contributed by atoms with Crippen molar-refractivity contribution in [1.29, 1.82) is 0 Å². The minimum Gasteiger partial charge on any atom is -0.490 e. The van der Waals surface area contributed by atoms with E-state index < -0.39 is 0 Å². The molecule has 27 heavy (non-hydrogen) atoms. The Balaban J connectivity index is 1.56. The average molecular weight is 368 g/mol. The highest BCUT2D eigenvalue weighted by Gasteiger charge is 2.56. The summed E-state index contributed by atoms with van der Waals surface area (Å²) in [7, 11) is 0. The number of carbonyl (C=O) groups is 2. The first-order valence-electron chi connectivity index (χ1n) is 9.63. The van der Waals surface area contributed by atoms with Crippen molar-refractivity contribution in [2.75, 3.05) is 13.2 Å². The summed E-state index contributed by atoms with van der Waals surface area (Å²) in [5.74, 6) is 0.818. The molecule has 0 spiro atoms. The average Bonchev–Trinajstić information content (AvgIpc) is 2.96. The van der Waals surface area contributed by atoms with Gasteiger partial charge in [0.05, 0.1) is 31.3 Å². The van der Waals surface area contributed by atoms with Crippen molar-refractivity contribution in [1.82, 2.24) is 5.01 Å². The van der Waals surface area contributed by atoms with Gasteiger partial charge >= 0.3 is 0 Å². The molecule has 2 fully saturated rings. The summed E-state index contributed by atoms with van der Waals surface area (Å²) in [6.07, 6.45) is 7.72. The number of rotatable bonds is 6. The predicted octanol–water partition coefficient (Wildman–Crippen LogP) is 3.02. The van der Waals surface area contributed by atoms with E-state index in [0.717, 1.165) is 23.4 Å². The maximum Gasteiger partial charge on any atom is 0.254 e. The van der Waals surface area contributed by atoms with Crippen LogP contribution in [0.1, 0.15) is 32.3 Å². The van der Waals surface area contributed by atoms with Crippen LogP contribution in [-0.2, 0) is 9.59 Å². The van der Waals surface area contributed by atoms with E-state index in [0.29, 0.717) is 24.7 Å². The molecule has 6 heteroatoms. The number of allylic oxidation sites excluding steroid dienone is 2. The second-order valence-corrected chi connectivity index (χ2v) is 7.15. The van der Waals surface area contributed by atoms with Gasteiger partial charge in [-0.25, -0.2) is 0 Å². The van der Waals surface area contributed by atoms with Gasteiger partial charge in [0.2, 0.25) is 0 Å². The monoisotopic (exact) mass is 368 g/mol. The molecular weight excluding hydrogens is 344 g/mol. The van der Waals surface area contributed by atoms with Crippen molar-refractivity contribution in [3.63, 3.8) is 0 Å². The first-order valence-corrected chi connectivity index (χ1v) is 9.63. The summed E-state index contributed by atoms with van der Waals surface area (Å²) >= 11 is 0. The molecule has 1 aromatic carbocycles. The minimum absolute atomic E-state index is 0.170. The first kappa shape index (κ1) is 17.8. The normalized spacial score (nSPS) is 28.9. The van der Waals surface area contributed by atoms with Gasteiger partial charge in [-0.2, -0.15) is 10.1 Å². The van der Waals surface area contributed by atoms with E-state index in [1.807, 2.05) is 26.0 Å². The van der Waals surface area contributed by atoms with Gasteiger partial charge in [-0.3, -0.25) is 9.59 Å². The molecule has 1 saturated heterocycles. The third kappa shape index (κ3) is 3.03. The fourth-order valence-electron chi connectivity index (χ4n) is 4.44. The van der Waals surface area contributed by atoms with E-state index in [9.17, 15) is 9.59 Å². The molecule has 0 radical (unpaired) electrons. The summed E-state index contributed by atoms with van der Waals surface area (Å²) < 4.78 is 11.2. The van der Waals surface area contributed by atoms with Crippen molar-refractivity contribution in [3.8, 4) is 11.5 Å². The number of ether oxygens (including phenoxy) is 2. The summed E-state index contributed by atoms with van der Waals surface area (Å²) in [5, 5.41) is 5.31. The molecule has 6 nitrogen and oxygen atoms in total. The third-order valence-electron chi connectivity index (χ3n) is 5.63. The molecule has 4 atom stereocenters. The smallest absolute Gasteiger partial charge is 0.254 e. The van der Waals surface area contributed by atoms with Crippen LogP contribution < -0.4 is 9.47 Å². The molecule has 3 aliphatic carbocycles. The van der Waals surface area contributed by atoms with Crippen LogP contribution >= 0.6 is 0 Å². The summed E-state index contributed by atoms with van der Waals surface area (Å²) in [4.78, 5) is 25.6. The molecule has 0 N–H and O–H groups in total. The van der Waals surface area contributed by atoms with Crippen molar-refractivity contribution in [2.45, 2.75) is 26.7 Å². The van der Waals surface area contributed by atoms with E-state index in [1.54, 1.807) is 12.3 Å². The molecule has 0 unspecified atom stereocenters. The van der Waals surface area contributed by atoms with Crippen LogP contribution in [0.25, 0.3) is 0 Å². The van der Waals surface area contributed by atoms with Crippen LogP contribution in [0.3, 0.4) is 0 Å². The van der Waals surface area contributed by atoms with Gasteiger partial charge < -0.3 is 9.47 Å². The lowest BCUT2D eigenvalue weighted by atomic mass is 9.63. The fraction of sp³-hybridized carbons (Fsp3) is 0.476. The number of benzene rings is 1. The van der Waals surface area contributed by atoms with Crippen molar-refractivity contribution in [2.24, 2.45) is 28.8 Å². The van der Waals surface area contributed by atoms with E-state index in [2.05, 4.69) is 17.3 Å². The van der Waals surface area contributed by atoms with E-state index in [4.69, 9.17) is 9.47 Å². The van der Waals surface area contributed by atoms with Gasteiger partial charge in [-0.1, -0.05) is 12.2 Å². The molecule has 1 aromatic rings. The first-order chi connectivity index (χ1) is 13.1. The number of nitrogens with zero attached hydrogens (tertiary/aromatic N) is 2. The van der Waals surface area contributed by atoms with Crippen LogP contribution in [0.15, 0.2) is 35.5 Å². The topological polar surface area (TPSA) is 68.2 Å². The van der Waals surface area contributed by atoms with Crippen LogP contribution in [-0.4, -0.2) is 36.3 Å². The van der Waals surface area contributed by atoms with Crippen LogP contribution in [0.4, 0.5) is 0 Å². The Morgan fingerprint density at radius 2 is 1.59 bits per heavy atom. The SMILES string of the molecule is CCOc1ccc(/C=N\N2C(=O)[C@@H]3[C@H](C2=O)[C@H]2C=C[C@H]3CC2)cc1OCC. The summed E-state index contributed by atoms with van der Waals surface area (Å²) in [6, 6.07) is 5.45. The second kappa shape index (κ2) is 7.18. The number of carbonyl (C=O) groups excluding carboxylic acids is 2. The Kier molecular flexibility index (Phi) is 4.72. The number of hydrogen-bond donors (Lipinski definition) is 0. The molecule has 1 saturated carbocycles. The van der Waals surface area contributed by atoms with Gasteiger partial charge in [-0.15, -0.1) is 0 Å². The predicted molar refractivity (Wildman–Crippen MR) is 101 cm³/mol. The highest BCUT2D eigenvalue weighted by molar-refractivity contribution is 6.06. The van der Waals surface area contributed by atoms with Crippen molar-refractivity contribution < 1.29 is 19.1 Å². The number of fused-ring (bicyclic) bond motifs is 1. The quantitative estimate of drug-likeness (QED) is 0.440. The van der Waals surface area contributed by atoms with Crippen molar-refractivity contribution in [3.05, 3.63) is 35.9 Å². The largest absolute Gasteiger partial charge is 0.490 e. The maximum atomic E-state index is 12.8. The summed E-state index contributed by atoms with van der Waals surface area (Å²) in [5.41, 5.74) is 0.749. The molecule has 5 rings (SSSR count). The highest BCUT2D eigenvalue weighted by Crippen LogP contribution is 2.49. The zero-order valence-electron chi connectivity index (χ0n) is 15.6. The summed E-state index contributed by atoms with van der Waals surface area (Å²) in [6.45, 7) is 4.88. The van der Waals surface area contributed by atoms with Crippen LogP contribution in [0, 0.1) is 23.7 Å². The van der Waals surface area contributed by atoms with Gasteiger partial charge in [0.15, 0.2) is 11.5 Å². The van der Waals surface area contributed by atoms with Gasteiger partial charge in [0.1, 0.15) is 0 Å². The van der Waals surface area contributed by atoms with E-state index >= 15 is 0 Å². The Morgan fingerprint density at radius 1 is 1.00 bits per heavy atom. The number of imide groups is 1. The maximum absolute atomic E-state index is 12.8. The lowest BCUT2D eigenvalue weighted by molar-refractivity contribution is -0.140. The lowest BCUT2D eigenvalue weighted by Crippen LogP contribution is -2.38. The number of hydrogen-bond acceptors (Lipinski definition) is 5. The van der Waals surface area contributed by atoms with Gasteiger partial charge in [-0.05, 0) is 62.3 Å². The zero-order chi connectivity index (χ0) is 19.0. The molecular formula is C21H24N2O4. The molecule has 1 aliphatic heterocycles. The molecule has 2 amide bonds. The third-order valence-corrected chi connectivity index (χ3v) is 5.63. The Morgan fingerprint density at radius 3 is 2.15 bits per heavy atom. The standard InChI is InChI=1S/C21H24N2O4/c1-3-26-16-10-5-13(11-17(16)27-4-2)12-22-23-20(24)18-14-6-7-15(9-8-14)19(18)21(23)25/h5-7,10-12,14-15,18-19H,3-4,8-9H2,1-2H3/b22-12-/t14-,15-,18-,19+/m0/s1. The van der Waals surface area contributed by atoms with Gasteiger partial charge in [0, 0.05) is 0 Å². The van der Waals surface area contributed by atoms with E-state index in [-0.39, 0.29) is 35.5 Å². The molecule has 4 aliphatic rings. The highest BCUT2D eigenvalue weighted by atomic mass is 16.5. The minimum atomic E-state index is -0.238. The number of hydrazone groups is 1. The molecule has 142 valence electrons. The van der Waals surface area contributed by atoms with E-state index in [1.165, 1.54) is 0 Å².